The van der Waals surface area contributed by atoms with Crippen LogP contribution in [0.2, 0.25) is 0 Å². The number of nitrogens with zero attached hydrogens (tertiary/aromatic N) is 3. The maximum atomic E-state index is 15.2. The van der Waals surface area contributed by atoms with Gasteiger partial charge in [-0.15, -0.1) is 5.53 Å². The molecule has 2 aromatic carbocycles. The molecule has 1 unspecified atom stereocenters. The van der Waals surface area contributed by atoms with Gasteiger partial charge in [0.2, 0.25) is 53.2 Å². The number of thioether (sulfide) groups is 3. The second kappa shape index (κ2) is 64.4. The molecule has 21 N–H and O–H groups in total. The van der Waals surface area contributed by atoms with Crippen LogP contribution in [0.3, 0.4) is 0 Å². The molecule has 0 aliphatic carbocycles. The first kappa shape index (κ1) is 118. The fourth-order valence-electron chi connectivity index (χ4n) is 14.6. The molecule has 1 aromatic heterocycles. The van der Waals surface area contributed by atoms with Crippen molar-refractivity contribution in [2.24, 2.45) is 46.2 Å². The van der Waals surface area contributed by atoms with Crippen LogP contribution in [0.4, 0.5) is 15.3 Å². The van der Waals surface area contributed by atoms with Gasteiger partial charge in [-0.05, 0) is 85.4 Å². The number of aromatic nitrogens is 1. The van der Waals surface area contributed by atoms with Crippen molar-refractivity contribution in [3.8, 4) is 5.75 Å². The lowest BCUT2D eigenvalue weighted by molar-refractivity contribution is -0.144. The number of alkyl carbamates (subject to hydrolysis) is 1. The average Bonchev–Trinajstić information content (AvgIpc) is 1.61. The number of Topliss-reactive ketones (excluding diaryl/α,β-unsaturated/α-hetero) is 2. The Morgan fingerprint density at radius 2 is 1.40 bits per heavy atom. The van der Waals surface area contributed by atoms with Crippen LogP contribution in [0.1, 0.15) is 110 Å². The number of H-pyrrole nitrogens is 1. The second-order valence-electron chi connectivity index (χ2n) is 33.5. The first-order valence-corrected chi connectivity index (χ1v) is 51.3. The summed E-state index contributed by atoms with van der Waals surface area (Å²) in [5.74, 6) is -13.6. The van der Waals surface area contributed by atoms with Gasteiger partial charge in [0, 0.05) is 110 Å². The van der Waals surface area contributed by atoms with E-state index in [0.717, 1.165) is 29.3 Å². The quantitative estimate of drug-likeness (QED) is 0.0180. The summed E-state index contributed by atoms with van der Waals surface area (Å²) in [4.78, 5) is 199. The van der Waals surface area contributed by atoms with E-state index in [1.165, 1.54) is 30.8 Å². The number of ether oxygens (including phenoxy) is 8. The van der Waals surface area contributed by atoms with Crippen LogP contribution in [0, 0.1) is 29.6 Å². The summed E-state index contributed by atoms with van der Waals surface area (Å²) in [5, 5.41) is 75.2. The molecule has 1 saturated heterocycles. The minimum atomic E-state index is -2.43. The fourth-order valence-corrected chi connectivity index (χ4v) is 18.0. The highest BCUT2D eigenvalue weighted by atomic mass is 32.2. The highest BCUT2D eigenvalue weighted by molar-refractivity contribution is 8.00. The number of phenols is 1. The van der Waals surface area contributed by atoms with E-state index in [1.807, 2.05) is 18.7 Å². The number of hydrogen-bond donors (Lipinski definition) is 19. The Labute approximate surface area is 823 Å². The van der Waals surface area contributed by atoms with E-state index >= 15 is 4.21 Å². The molecule has 139 heavy (non-hydrogen) atoms. The molecule has 13 amide bonds. The number of aliphatic hydroxyl groups excluding tert-OH is 3. The van der Waals surface area contributed by atoms with E-state index in [1.54, 1.807) is 87.6 Å². The highest BCUT2D eigenvalue weighted by Gasteiger charge is 2.46. The number of hydrogen-bond acceptors (Lipinski definition) is 35. The molecule has 13 atom stereocenters. The SMILES string of the molecule is CCCOCCOCCN1C=C(CNC(=O)OCc2ccc(NC(=O)[C@H](CCCNC(N)=O)NC(=O)[C@@H](NC(=O)CON=C(CSC)CSC)C(C)C)cc2)NN1.CC[C@H](C)[C@@H]1CC(=O)CNC(=O)[C@H]2CC(=O)[C@H]([C@@H](C)[C@@H](O)CO)NC(=O)[C@@H]3C[C@@H](O)CN3C(=O)[C@H](CC(N)=O)NC(=O)[C@@H](CS(=O)c3[nH]c4c(CSCCOCCOCCOCCOCCOC)c(O)ccc4c3C2)NC(=O)CNC1=O. The van der Waals surface area contributed by atoms with E-state index in [-0.39, 0.29) is 85.9 Å². The first-order valence-electron chi connectivity index (χ1n) is 46.0. The Kier molecular flexibility index (Phi) is 54.5. The molecule has 778 valence electrons. The summed E-state index contributed by atoms with van der Waals surface area (Å²) >= 11 is 4.55. The van der Waals surface area contributed by atoms with Crippen molar-refractivity contribution >= 4 is 151 Å². The number of oxime groups is 1. The summed E-state index contributed by atoms with van der Waals surface area (Å²) < 4.78 is 58.5. The second-order valence-corrected chi connectivity index (χ2v) is 37.8. The predicted octanol–water partition coefficient (Wildman–Crippen LogP) is -1.16. The van der Waals surface area contributed by atoms with E-state index in [0.29, 0.717) is 125 Å². The number of rotatable bonds is 53. The third-order valence-corrected chi connectivity index (χ3v) is 26.0. The van der Waals surface area contributed by atoms with Crippen LogP contribution in [0.15, 0.2) is 58.5 Å². The molecule has 2 bridgehead atoms. The largest absolute Gasteiger partial charge is 0.508 e. The normalized spacial score (nSPS) is 20.2. The molecule has 5 heterocycles. The summed E-state index contributed by atoms with van der Waals surface area (Å²) in [7, 11) is -0.836. The first-order chi connectivity index (χ1) is 66.6. The number of aromatic amines is 1. The molecule has 0 spiro atoms. The molecule has 50 heteroatoms. The maximum Gasteiger partial charge on any atom is 0.407 e. The summed E-state index contributed by atoms with van der Waals surface area (Å²) in [6, 6.07) is -0.119. The number of aromatic hydroxyl groups is 1. The molecule has 3 aromatic rings. The third kappa shape index (κ3) is 41.9. The Balaban J connectivity index is 0.000000456. The molecule has 46 nitrogen and oxygen atoms in total. The highest BCUT2D eigenvalue weighted by Crippen LogP contribution is 2.37. The third-order valence-electron chi connectivity index (χ3n) is 22.4. The van der Waals surface area contributed by atoms with E-state index in [4.69, 9.17) is 54.2 Å². The number of fused-ring (bicyclic) bond motifs is 5. The van der Waals surface area contributed by atoms with Gasteiger partial charge < -0.3 is 143 Å². The van der Waals surface area contributed by atoms with Gasteiger partial charge in [0.25, 0.3) is 5.91 Å². The number of amides is 13. The van der Waals surface area contributed by atoms with Gasteiger partial charge in [-0.1, -0.05) is 65.3 Å². The predicted molar refractivity (Wildman–Crippen MR) is 518 cm³/mol. The molecule has 1 fully saturated rings. The number of urea groups is 1. The topological polar surface area (TPSA) is 651 Å². The number of primary amides is 2. The molecular weight excluding hydrogens is 1900 g/mol. The Morgan fingerprint density at radius 1 is 0.741 bits per heavy atom. The fraction of sp³-hybridized carbons (Fsp3) is 0.652. The average molecular weight is 2040 g/mol. The van der Waals surface area contributed by atoms with Crippen LogP contribution < -0.4 is 75.6 Å². The number of hydrazine groups is 2. The number of carbonyl (C=O) groups excluding carboxylic acids is 14. The Bertz CT molecular complexity index is 4550. The van der Waals surface area contributed by atoms with Crippen LogP contribution in [-0.2, 0) is 130 Å². The number of ketones is 2. The number of methoxy groups -OCH3 is 1. The molecule has 0 radical (unpaired) electrons. The molecular formula is C89H140N18O28S4. The lowest BCUT2D eigenvalue weighted by Crippen LogP contribution is -2.60. The van der Waals surface area contributed by atoms with Crippen molar-refractivity contribution in [3.05, 3.63) is 65.0 Å². The van der Waals surface area contributed by atoms with Crippen molar-refractivity contribution in [2.75, 3.05) is 186 Å². The zero-order valence-electron chi connectivity index (χ0n) is 80.2. The molecule has 4 aliphatic rings. The van der Waals surface area contributed by atoms with Gasteiger partial charge in [-0.25, -0.2) is 9.59 Å². The van der Waals surface area contributed by atoms with Crippen LogP contribution >= 0.6 is 35.3 Å². The van der Waals surface area contributed by atoms with E-state index < -0.39 is 223 Å². The molecule has 7 rings (SSSR count). The van der Waals surface area contributed by atoms with E-state index in [9.17, 15) is 87.5 Å². The number of carbonyl (C=O) groups is 14. The lowest BCUT2D eigenvalue weighted by Gasteiger charge is -2.32. The summed E-state index contributed by atoms with van der Waals surface area (Å²) in [5.41, 5.74) is 20.0. The smallest absolute Gasteiger partial charge is 0.407 e. The number of benzene rings is 2. The standard InChI is InChI=1S/C53H80N8O19S2.C36H60N10O9S2/c1-5-29(2)35-20-32(63)23-55-48(70)31-18-36-34-6-7-41(65)37(27-81-17-16-80-15-14-79-13-12-78-11-10-77-9-8-76-4)47(34)60-52(36)82(75)28-39(57-45(69)24-56-49(35)71)50(72)58-38(22-44(54)68)53(74)61-25-33(64)21-40(61)51(73)59-46(42(66)19-31)30(3)43(67)26-62;1-6-15-52-17-18-53-16-14-46-20-28(43-45-46)19-39-36(51)54-21-26-9-11-27(12-10-26)40-33(48)30(8-7-13-38-35(37)50)41-34(49)32(25(2)3)42-31(47)22-55-44-29(23-56-4)24-57-5/h6-7,29-31,33,35,38-40,43,46,60,62,64-65,67H,5,8-28H2,1-4H3,(H2,54,68)(H,55,70)(H,56,71)(H,57,69)(H,58,72)(H,59,73);9-12,20,25,30,32,43,45H,6-8,13-19,21-24H2,1-5H3,(H,39,51)(H,40,48)(H,41,49)(H,42,47)(H3,37,38,50)/t29-,30-,31+,33+,35-,38-,39+,40-,43-,46-,82?;30-,32-/m00/s1. The number of nitrogens with two attached hydrogens (primary N) is 2. The maximum absolute atomic E-state index is 15.2. The van der Waals surface area contributed by atoms with Crippen LogP contribution in [0.25, 0.3) is 10.9 Å². The van der Waals surface area contributed by atoms with Gasteiger partial charge in [0.15, 0.2) is 18.2 Å². The zero-order chi connectivity index (χ0) is 102. The van der Waals surface area contributed by atoms with Gasteiger partial charge in [0.05, 0.1) is 170 Å². The van der Waals surface area contributed by atoms with Crippen molar-refractivity contribution in [1.82, 2.24) is 73.7 Å². The summed E-state index contributed by atoms with van der Waals surface area (Å²) in [6.45, 7) is 14.0. The molecule has 4 aliphatic heterocycles. The lowest BCUT2D eigenvalue weighted by atomic mass is 9.85. The monoisotopic (exact) mass is 2040 g/mol. The van der Waals surface area contributed by atoms with E-state index in [2.05, 4.69) is 81.2 Å². The van der Waals surface area contributed by atoms with Crippen LogP contribution in [-0.4, -0.2) is 357 Å². The Morgan fingerprint density at radius 3 is 2.03 bits per heavy atom. The Hall–Kier alpha value is -10.1. The van der Waals surface area contributed by atoms with Crippen molar-refractivity contribution in [2.45, 2.75) is 165 Å². The van der Waals surface area contributed by atoms with Crippen molar-refractivity contribution < 1.29 is 134 Å². The van der Waals surface area contributed by atoms with Gasteiger partial charge >= 0.3 is 12.1 Å². The number of nitrogens with one attached hydrogen (secondary N) is 13. The minimum absolute atomic E-state index is 0.0156. The van der Waals surface area contributed by atoms with Gasteiger partial charge in [-0.2, -0.15) is 35.3 Å². The van der Waals surface area contributed by atoms with Gasteiger partial charge in [-0.3, -0.25) is 66.8 Å². The molecule has 0 saturated carbocycles. The van der Waals surface area contributed by atoms with Crippen molar-refractivity contribution in [3.63, 3.8) is 0 Å². The minimum Gasteiger partial charge on any atom is -0.508 e. The summed E-state index contributed by atoms with van der Waals surface area (Å²) in [6.07, 6.45) is 1.16. The number of aliphatic hydroxyl groups is 3. The number of anilines is 1. The number of phenolic OH excluding ortho intramolecular Hbond substituents is 1. The van der Waals surface area contributed by atoms with Crippen LogP contribution in [0.5, 0.6) is 5.75 Å². The van der Waals surface area contributed by atoms with Crippen molar-refractivity contribution in [1.29, 1.82) is 0 Å². The zero-order valence-corrected chi connectivity index (χ0v) is 83.5. The van der Waals surface area contributed by atoms with Gasteiger partial charge in [0.1, 0.15) is 47.6 Å².